The quantitative estimate of drug-likeness (QED) is 0.202. The Balaban J connectivity index is 0.000000198. The number of aliphatic hydroxyl groups is 1. The van der Waals surface area contributed by atoms with Crippen LogP contribution in [0.2, 0.25) is 0 Å². The maximum atomic E-state index is 13.7. The van der Waals surface area contributed by atoms with Crippen molar-refractivity contribution in [3.63, 3.8) is 0 Å². The number of halogens is 6. The predicted octanol–water partition coefficient (Wildman–Crippen LogP) is 6.43. The topological polar surface area (TPSA) is 98.6 Å². The molecule has 0 fully saturated rings. The van der Waals surface area contributed by atoms with E-state index in [1.165, 1.54) is 6.07 Å². The lowest BCUT2D eigenvalue weighted by Crippen LogP contribution is -2.04. The van der Waals surface area contributed by atoms with Crippen molar-refractivity contribution in [2.45, 2.75) is 13.5 Å². The Kier molecular flexibility index (Phi) is 8.81. The first-order valence-corrected chi connectivity index (χ1v) is 11.2. The molecule has 4 aromatic rings. The number of esters is 1. The molecule has 0 unspecified atom stereocenters. The van der Waals surface area contributed by atoms with Gasteiger partial charge in [0.1, 0.15) is 29.0 Å². The molecule has 0 aliphatic heterocycles. The Morgan fingerprint density at radius 3 is 1.74 bits per heavy atom. The van der Waals surface area contributed by atoms with Gasteiger partial charge in [0, 0.05) is 21.1 Å². The van der Waals surface area contributed by atoms with E-state index in [9.17, 15) is 22.4 Å². The van der Waals surface area contributed by atoms with Crippen LogP contribution in [0, 0.1) is 23.3 Å². The fourth-order valence-electron chi connectivity index (χ4n) is 2.75. The Hall–Kier alpha value is -3.03. The second-order valence-electron chi connectivity index (χ2n) is 6.63. The summed E-state index contributed by atoms with van der Waals surface area (Å²) < 4.78 is 69.1. The van der Waals surface area contributed by atoms with Crippen molar-refractivity contribution in [2.75, 3.05) is 6.61 Å². The molecule has 0 amide bonds. The summed E-state index contributed by atoms with van der Waals surface area (Å²) in [5, 5.41) is 15.6. The van der Waals surface area contributed by atoms with E-state index in [-0.39, 0.29) is 51.7 Å². The number of carbonyl (C=O) groups is 1. The maximum Gasteiger partial charge on any atom is 0.360 e. The lowest BCUT2D eigenvalue weighted by Gasteiger charge is -2.01. The predicted molar refractivity (Wildman–Crippen MR) is 121 cm³/mol. The van der Waals surface area contributed by atoms with Crippen LogP contribution in [0.25, 0.3) is 22.6 Å². The largest absolute Gasteiger partial charge is 0.461 e. The minimum absolute atomic E-state index is 0.0495. The summed E-state index contributed by atoms with van der Waals surface area (Å²) in [4.78, 5) is 11.4. The number of carbonyl (C=O) groups excluding carboxylic acids is 1. The van der Waals surface area contributed by atoms with Gasteiger partial charge >= 0.3 is 5.97 Å². The summed E-state index contributed by atoms with van der Waals surface area (Å²) in [6, 6.07) is 6.85. The number of hydrogen-bond acceptors (Lipinski definition) is 7. The molecule has 0 bridgehead atoms. The van der Waals surface area contributed by atoms with Crippen molar-refractivity contribution in [1.29, 1.82) is 0 Å². The highest BCUT2D eigenvalue weighted by Gasteiger charge is 2.21. The molecule has 0 atom stereocenters. The molecule has 2 heterocycles. The second-order valence-corrected chi connectivity index (χ2v) is 8.46. The molecule has 184 valence electrons. The summed E-state index contributed by atoms with van der Waals surface area (Å²) in [6.07, 6.45) is 0. The molecule has 13 heteroatoms. The Labute approximate surface area is 211 Å². The number of nitrogens with zero attached hydrogens (tertiary/aromatic N) is 2. The Morgan fingerprint density at radius 2 is 1.31 bits per heavy atom. The summed E-state index contributed by atoms with van der Waals surface area (Å²) in [7, 11) is 0. The number of hydrogen-bond donors (Lipinski definition) is 1. The summed E-state index contributed by atoms with van der Waals surface area (Å²) in [5.41, 5.74) is -0.600. The van der Waals surface area contributed by atoms with Gasteiger partial charge in [-0.25, -0.2) is 22.4 Å². The molecule has 1 N–H and O–H groups in total. The van der Waals surface area contributed by atoms with Gasteiger partial charge in [0.15, 0.2) is 17.2 Å². The first-order chi connectivity index (χ1) is 16.6. The first-order valence-electron chi connectivity index (χ1n) is 9.64. The van der Waals surface area contributed by atoms with Gasteiger partial charge in [0.25, 0.3) is 0 Å². The van der Waals surface area contributed by atoms with Crippen molar-refractivity contribution in [2.24, 2.45) is 0 Å². The Morgan fingerprint density at radius 1 is 0.857 bits per heavy atom. The monoisotopic (exact) mass is 620 g/mol. The van der Waals surface area contributed by atoms with Crippen LogP contribution in [-0.2, 0) is 11.3 Å². The molecule has 0 saturated heterocycles. The molecule has 0 radical (unpaired) electrons. The van der Waals surface area contributed by atoms with E-state index in [4.69, 9.17) is 18.9 Å². The average molecular weight is 622 g/mol. The van der Waals surface area contributed by atoms with E-state index in [0.717, 1.165) is 30.3 Å². The van der Waals surface area contributed by atoms with E-state index in [0.29, 0.717) is 4.47 Å². The van der Waals surface area contributed by atoms with Crippen LogP contribution in [0.5, 0.6) is 0 Å². The molecule has 0 saturated carbocycles. The van der Waals surface area contributed by atoms with E-state index in [2.05, 4.69) is 42.2 Å². The van der Waals surface area contributed by atoms with Crippen LogP contribution in [0.1, 0.15) is 23.1 Å². The van der Waals surface area contributed by atoms with Gasteiger partial charge in [-0.3, -0.25) is 0 Å². The van der Waals surface area contributed by atoms with Crippen LogP contribution in [0.4, 0.5) is 17.6 Å². The lowest BCUT2D eigenvalue weighted by atomic mass is 10.1. The van der Waals surface area contributed by atoms with Gasteiger partial charge < -0.3 is 18.9 Å². The highest BCUT2D eigenvalue weighted by Crippen LogP contribution is 2.30. The number of rotatable bonds is 5. The molecule has 35 heavy (non-hydrogen) atoms. The fourth-order valence-corrected chi connectivity index (χ4v) is 3.56. The van der Waals surface area contributed by atoms with Crippen LogP contribution < -0.4 is 0 Å². The zero-order valence-corrected chi connectivity index (χ0v) is 20.8. The first kappa shape index (κ1) is 26.6. The summed E-state index contributed by atoms with van der Waals surface area (Å²) in [6.45, 7) is 1.46. The third kappa shape index (κ3) is 6.35. The minimum atomic E-state index is -0.821. The van der Waals surface area contributed by atoms with Gasteiger partial charge in [0.05, 0.1) is 24.3 Å². The van der Waals surface area contributed by atoms with E-state index in [1.54, 1.807) is 6.92 Å². The van der Waals surface area contributed by atoms with Gasteiger partial charge in [-0.1, -0.05) is 42.2 Å². The van der Waals surface area contributed by atoms with Crippen molar-refractivity contribution in [3.05, 3.63) is 80.0 Å². The van der Waals surface area contributed by atoms with Gasteiger partial charge in [-0.15, -0.1) is 0 Å². The van der Waals surface area contributed by atoms with Crippen LogP contribution in [0.15, 0.2) is 54.4 Å². The summed E-state index contributed by atoms with van der Waals surface area (Å²) >= 11 is 5.94. The third-order valence-electron chi connectivity index (χ3n) is 4.22. The molecule has 2 aromatic carbocycles. The van der Waals surface area contributed by atoms with Crippen molar-refractivity contribution in [1.82, 2.24) is 10.3 Å². The number of aromatic nitrogens is 2. The van der Waals surface area contributed by atoms with Gasteiger partial charge in [0.2, 0.25) is 0 Å². The van der Waals surface area contributed by atoms with Gasteiger partial charge in [-0.2, -0.15) is 0 Å². The molecule has 0 aliphatic carbocycles. The molecule has 7 nitrogen and oxygen atoms in total. The molecule has 0 spiro atoms. The van der Waals surface area contributed by atoms with Crippen molar-refractivity contribution in [3.8, 4) is 22.6 Å². The number of benzene rings is 2. The van der Waals surface area contributed by atoms with Crippen molar-refractivity contribution >= 4 is 37.8 Å². The number of aliphatic hydroxyl groups excluding tert-OH is 1. The number of ether oxygens (including phenoxy) is 1. The minimum Gasteiger partial charge on any atom is -0.461 e. The second kappa shape index (κ2) is 11.6. The maximum absolute atomic E-state index is 13.7. The fraction of sp³-hybridized carbons (Fsp3) is 0.136. The van der Waals surface area contributed by atoms with E-state index >= 15 is 0 Å². The highest BCUT2D eigenvalue weighted by atomic mass is 79.9. The average Bonchev–Trinajstić information content (AvgIpc) is 3.43. The molecule has 0 aliphatic rings. The Bertz CT molecular complexity index is 1310. The third-order valence-corrected chi connectivity index (χ3v) is 5.14. The zero-order chi connectivity index (χ0) is 25.7. The summed E-state index contributed by atoms with van der Waals surface area (Å²) in [5.74, 6) is -4.09. The molecule has 2 aromatic heterocycles. The van der Waals surface area contributed by atoms with Crippen molar-refractivity contribution < 1.29 is 41.2 Å². The zero-order valence-electron chi connectivity index (χ0n) is 17.6. The van der Waals surface area contributed by atoms with Crippen LogP contribution >= 0.6 is 31.9 Å². The SMILES string of the molecule is CCOC(=O)c1cc(-c2c(F)cc(Br)cc2F)on1.OCc1cc(-c2c(F)cc(Br)cc2F)on1. The molecule has 4 rings (SSSR count). The normalized spacial score (nSPS) is 10.6. The standard InChI is InChI=1S/C12H8BrF2NO3.C10H6BrF2NO2/c1-2-18-12(17)9-5-10(19-16-9)11-7(14)3-6(13)4-8(11)15;11-5-1-7(12)10(8(13)2-5)9-3-6(4-15)14-16-9/h3-5H,2H2,1H3;1-3,15H,4H2. The van der Waals surface area contributed by atoms with Gasteiger partial charge in [-0.05, 0) is 31.2 Å². The lowest BCUT2D eigenvalue weighted by molar-refractivity contribution is 0.0514. The molecular formula is C22H14Br2F4N2O5. The smallest absolute Gasteiger partial charge is 0.360 e. The van der Waals surface area contributed by atoms with Crippen LogP contribution in [0.3, 0.4) is 0 Å². The highest BCUT2D eigenvalue weighted by molar-refractivity contribution is 9.10. The molecular weight excluding hydrogens is 608 g/mol. The van der Waals surface area contributed by atoms with E-state index in [1.807, 2.05) is 0 Å². The van der Waals surface area contributed by atoms with E-state index < -0.39 is 29.2 Å². The van der Waals surface area contributed by atoms with Crippen LogP contribution in [-0.4, -0.2) is 28.0 Å².